The monoisotopic (exact) mass is 670 g/mol. The second kappa shape index (κ2) is 11.1. The maximum absolute atomic E-state index is 13.0. The van der Waals surface area contributed by atoms with Crippen molar-refractivity contribution in [1.29, 1.82) is 0 Å². The Kier molecular flexibility index (Phi) is 8.25. The number of aliphatic hydroxyl groups is 3. The lowest BCUT2D eigenvalue weighted by molar-refractivity contribution is -0.242. The molecule has 7 aliphatic rings. The zero-order chi connectivity index (χ0) is 35.0. The maximum Gasteiger partial charge on any atom is 0.223 e. The lowest BCUT2D eigenvalue weighted by atomic mass is 9.41. The van der Waals surface area contributed by atoms with E-state index < -0.39 is 23.2 Å². The summed E-state index contributed by atoms with van der Waals surface area (Å²) in [5, 5.41) is 34.0. The first-order chi connectivity index (χ1) is 22.1. The van der Waals surface area contributed by atoms with Crippen molar-refractivity contribution in [3.05, 3.63) is 18.1 Å². The Bertz CT molecular complexity index is 1270. The molecule has 1 unspecified atom stereocenters. The minimum atomic E-state index is -1.31. The summed E-state index contributed by atoms with van der Waals surface area (Å²) >= 11 is 0. The van der Waals surface area contributed by atoms with Crippen LogP contribution in [0.1, 0.15) is 127 Å². The highest BCUT2D eigenvalue weighted by Gasteiger charge is 2.85. The van der Waals surface area contributed by atoms with Gasteiger partial charge in [0.2, 0.25) is 5.91 Å². The molecule has 2 spiro atoms. The number of hydrogen-bond donors (Lipinski definition) is 3. The lowest BCUT2D eigenvalue weighted by Gasteiger charge is -2.63. The van der Waals surface area contributed by atoms with Gasteiger partial charge in [-0.25, -0.2) is 0 Å². The van der Waals surface area contributed by atoms with Crippen molar-refractivity contribution in [2.75, 3.05) is 19.7 Å². The number of ether oxygens (including phenoxy) is 3. The third-order valence-corrected chi connectivity index (χ3v) is 15.3. The molecule has 8 nitrogen and oxygen atoms in total. The number of fused-ring (bicyclic) bond motifs is 4. The Hall–Kier alpha value is -0.770. The molecule has 2 aliphatic heterocycles. The fourth-order valence-electron chi connectivity index (χ4n) is 12.9. The summed E-state index contributed by atoms with van der Waals surface area (Å²) < 4.78 is 19.5. The van der Waals surface area contributed by atoms with Crippen LogP contribution >= 0.6 is 0 Å². The smallest absolute Gasteiger partial charge is 0.223 e. The molecular formula is C40H64NO7. The van der Waals surface area contributed by atoms with Crippen LogP contribution in [0.3, 0.4) is 0 Å². The Morgan fingerprint density at radius 3 is 2.46 bits per heavy atom. The molecule has 5 saturated carbocycles. The topological polar surface area (TPSA) is 109 Å². The van der Waals surface area contributed by atoms with Gasteiger partial charge in [0.1, 0.15) is 18.3 Å². The molecule has 2 saturated heterocycles. The standard InChI is InChI=1S/C40H64NO7/c1-23-19-24(32(43)36(7,8)45)47-31-30(23)37(9)15-16-40-22-39(40)14-13-27(35(5,6)25(39)11-12-26(40)38(37,10)33(31)44)48-29-21-41(17-18-46-29)28(42)20-34(2,3)4/h23,25,27,29-30,32-33,43-45H,11-22H2,1-10H3/t23-,25+,27?,29+,30+,32+,33+,37-,38-,39-,40+/m1/s1. The lowest BCUT2D eigenvalue weighted by Crippen LogP contribution is -2.59. The van der Waals surface area contributed by atoms with E-state index in [0.29, 0.717) is 44.6 Å². The fourth-order valence-corrected chi connectivity index (χ4v) is 12.9. The van der Waals surface area contributed by atoms with Crippen molar-refractivity contribution < 1.29 is 34.3 Å². The highest BCUT2D eigenvalue weighted by atomic mass is 16.7. The average Bonchev–Trinajstić information content (AvgIpc) is 3.61. The predicted octanol–water partition coefficient (Wildman–Crippen LogP) is 6.22. The van der Waals surface area contributed by atoms with E-state index in [2.05, 4.69) is 55.4 Å². The van der Waals surface area contributed by atoms with Crippen LogP contribution < -0.4 is 0 Å². The third-order valence-electron chi connectivity index (χ3n) is 15.3. The van der Waals surface area contributed by atoms with Crippen LogP contribution in [0.15, 0.2) is 0 Å². The number of nitrogens with zero attached hydrogens (tertiary/aromatic N) is 1. The number of carbonyl (C=O) groups excluding carboxylic acids is 1. The van der Waals surface area contributed by atoms with E-state index in [1.165, 1.54) is 6.42 Å². The minimum Gasteiger partial charge on any atom is -0.389 e. The van der Waals surface area contributed by atoms with Crippen LogP contribution in [0.25, 0.3) is 0 Å². The zero-order valence-corrected chi connectivity index (χ0v) is 31.4. The quantitative estimate of drug-likeness (QED) is 0.319. The molecule has 1 amide bonds. The van der Waals surface area contributed by atoms with Crippen LogP contribution in [-0.4, -0.2) is 76.0 Å². The highest BCUT2D eigenvalue weighted by molar-refractivity contribution is 5.76. The molecule has 271 valence electrons. The molecular weight excluding hydrogens is 606 g/mol. The van der Waals surface area contributed by atoms with Crippen molar-refractivity contribution in [2.24, 2.45) is 50.2 Å². The van der Waals surface area contributed by atoms with E-state index in [4.69, 9.17) is 14.2 Å². The Labute approximate surface area is 290 Å². The van der Waals surface area contributed by atoms with Gasteiger partial charge in [0.15, 0.2) is 6.29 Å². The Balaban J connectivity index is 1.09. The molecule has 2 heterocycles. The van der Waals surface area contributed by atoms with Crippen LogP contribution in [0, 0.1) is 68.4 Å². The van der Waals surface area contributed by atoms with Crippen LogP contribution in [-0.2, 0) is 19.0 Å². The van der Waals surface area contributed by atoms with Crippen molar-refractivity contribution in [1.82, 2.24) is 4.90 Å². The summed E-state index contributed by atoms with van der Waals surface area (Å²) in [7, 11) is 0. The second-order valence-electron chi connectivity index (χ2n) is 20.1. The number of morpholine rings is 1. The minimum absolute atomic E-state index is 0.0399. The highest BCUT2D eigenvalue weighted by Crippen LogP contribution is 2.90. The molecule has 0 aromatic rings. The van der Waals surface area contributed by atoms with Gasteiger partial charge in [-0.2, -0.15) is 0 Å². The first-order valence-corrected chi connectivity index (χ1v) is 19.0. The molecule has 0 aromatic heterocycles. The van der Waals surface area contributed by atoms with Crippen molar-refractivity contribution in [3.63, 3.8) is 0 Å². The molecule has 3 N–H and O–H groups in total. The van der Waals surface area contributed by atoms with Crippen LogP contribution in [0.2, 0.25) is 0 Å². The molecule has 3 radical (unpaired) electrons. The summed E-state index contributed by atoms with van der Waals surface area (Å²) in [5.41, 5.74) is -1.56. The van der Waals surface area contributed by atoms with E-state index in [-0.39, 0.29) is 57.2 Å². The van der Waals surface area contributed by atoms with Gasteiger partial charge in [-0.1, -0.05) is 55.4 Å². The average molecular weight is 671 g/mol. The summed E-state index contributed by atoms with van der Waals surface area (Å²) in [6.07, 6.45) is 7.80. The number of carbonyl (C=O) groups is 1. The van der Waals surface area contributed by atoms with Gasteiger partial charge in [0.05, 0.1) is 31.0 Å². The van der Waals surface area contributed by atoms with Gasteiger partial charge in [-0.3, -0.25) is 4.79 Å². The molecule has 0 bridgehead atoms. The molecule has 7 rings (SSSR count). The fraction of sp³-hybridized carbons (Fsp3) is 0.900. The molecule has 0 aromatic carbocycles. The molecule has 8 heteroatoms. The third kappa shape index (κ3) is 4.91. The summed E-state index contributed by atoms with van der Waals surface area (Å²) in [6.45, 7) is 23.0. The van der Waals surface area contributed by atoms with Gasteiger partial charge in [0.25, 0.3) is 0 Å². The van der Waals surface area contributed by atoms with E-state index in [9.17, 15) is 20.1 Å². The van der Waals surface area contributed by atoms with Crippen molar-refractivity contribution in [3.8, 4) is 0 Å². The molecule has 7 fully saturated rings. The van der Waals surface area contributed by atoms with Gasteiger partial charge in [0, 0.05) is 24.3 Å². The van der Waals surface area contributed by atoms with Gasteiger partial charge >= 0.3 is 0 Å². The van der Waals surface area contributed by atoms with Gasteiger partial charge < -0.3 is 34.4 Å². The second-order valence-corrected chi connectivity index (χ2v) is 20.1. The van der Waals surface area contributed by atoms with Crippen LogP contribution in [0.5, 0.6) is 0 Å². The number of aliphatic hydroxyl groups excluding tert-OH is 2. The maximum atomic E-state index is 13.0. The van der Waals surface area contributed by atoms with Crippen molar-refractivity contribution in [2.45, 2.75) is 157 Å². The first-order valence-electron chi connectivity index (χ1n) is 19.0. The van der Waals surface area contributed by atoms with Gasteiger partial charge in [-0.15, -0.1) is 0 Å². The largest absolute Gasteiger partial charge is 0.389 e. The first kappa shape index (κ1) is 35.6. The molecule has 5 aliphatic carbocycles. The number of rotatable bonds is 5. The number of amides is 1. The number of hydrogen-bond acceptors (Lipinski definition) is 7. The zero-order valence-electron chi connectivity index (χ0n) is 31.4. The normalized spacial score (nSPS) is 47.0. The van der Waals surface area contributed by atoms with Crippen LogP contribution in [0.4, 0.5) is 0 Å². The Morgan fingerprint density at radius 2 is 1.79 bits per heavy atom. The predicted molar refractivity (Wildman–Crippen MR) is 182 cm³/mol. The summed E-state index contributed by atoms with van der Waals surface area (Å²) in [4.78, 5) is 15.0. The van der Waals surface area contributed by atoms with Crippen molar-refractivity contribution >= 4 is 5.91 Å². The van der Waals surface area contributed by atoms with E-state index in [0.717, 1.165) is 44.6 Å². The SMILES string of the molecule is C[C@@H]1C[C]([C@H](O)C(C)(C)O)O[C]2[C@H]1[C@@]1(C)CC[C@@]34C[C@@]35CCC(O[C@H]3CN(C(=O)CC(C)(C)C)CCO3)C(C)(C)[C@@H]5CC[C]4[C@]1(C)[C@H]2O. The summed E-state index contributed by atoms with van der Waals surface area (Å²) in [5.74, 6) is 2.60. The summed E-state index contributed by atoms with van der Waals surface area (Å²) in [6, 6.07) is 0. The van der Waals surface area contributed by atoms with Gasteiger partial charge in [-0.05, 0) is 110 Å². The van der Waals surface area contributed by atoms with E-state index in [1.54, 1.807) is 19.8 Å². The Morgan fingerprint density at radius 1 is 1.08 bits per heavy atom. The van der Waals surface area contributed by atoms with E-state index in [1.807, 2.05) is 4.90 Å². The molecule has 11 atom stereocenters. The molecule has 48 heavy (non-hydrogen) atoms. The van der Waals surface area contributed by atoms with E-state index >= 15 is 0 Å².